The van der Waals surface area contributed by atoms with Crippen molar-refractivity contribution in [3.63, 3.8) is 0 Å². The summed E-state index contributed by atoms with van der Waals surface area (Å²) < 4.78 is 55.7. The Labute approximate surface area is 444 Å². The Morgan fingerprint density at radius 2 is 0.744 bits per heavy atom. The van der Waals surface area contributed by atoms with Gasteiger partial charge in [-0.25, -0.2) is 8.78 Å². The molecule has 0 fully saturated rings. The molecule has 4 N–H and O–H groups in total. The smallest absolute Gasteiger partial charge is 0.267 e. The van der Waals surface area contributed by atoms with Gasteiger partial charge in [0.2, 0.25) is 0 Å². The Hall–Kier alpha value is -10.4. The number of benzene rings is 9. The van der Waals surface area contributed by atoms with Crippen LogP contribution in [0.15, 0.2) is 213 Å². The van der Waals surface area contributed by atoms with E-state index in [4.69, 9.17) is 22.7 Å². The molecule has 0 saturated heterocycles. The van der Waals surface area contributed by atoms with Crippen LogP contribution >= 0.6 is 0 Å². The lowest BCUT2D eigenvalue weighted by Gasteiger charge is -2.06. The van der Waals surface area contributed by atoms with Gasteiger partial charge in [0.25, 0.3) is 6.43 Å². The van der Waals surface area contributed by atoms with Crippen LogP contribution in [-0.2, 0) is 0 Å². The van der Waals surface area contributed by atoms with Crippen molar-refractivity contribution in [2.24, 2.45) is 0 Å². The van der Waals surface area contributed by atoms with Gasteiger partial charge >= 0.3 is 0 Å². The average molecular weight is 1040 g/mol. The molecule has 0 spiro atoms. The summed E-state index contributed by atoms with van der Waals surface area (Å²) in [7, 11) is 3.22. The minimum absolute atomic E-state index is 0.00448. The van der Waals surface area contributed by atoms with Crippen molar-refractivity contribution in [3.8, 4) is 102 Å². The number of phenolic OH excluding ortho intramolecular Hbond substituents is 4. The lowest BCUT2D eigenvalue weighted by atomic mass is 9.97. The molecule has 9 aromatic carbocycles. The van der Waals surface area contributed by atoms with Crippen LogP contribution in [0, 0.1) is 0 Å². The summed E-state index contributed by atoms with van der Waals surface area (Å²) in [5.41, 5.74) is 8.75. The monoisotopic (exact) mass is 1040 g/mol. The highest BCUT2D eigenvalue weighted by atomic mass is 19.3. The van der Waals surface area contributed by atoms with Gasteiger partial charge in [0.05, 0.1) is 30.9 Å². The van der Waals surface area contributed by atoms with Gasteiger partial charge < -0.3 is 43.2 Å². The first kappa shape index (κ1) is 51.1. The summed E-state index contributed by atoms with van der Waals surface area (Å²) >= 11 is 0. The fraction of sp³-hybridized carbons (Fsp3) is 0.0462. The number of hydrogen-bond acceptors (Lipinski definition) is 11. The minimum Gasteiger partial charge on any atom is -0.508 e. The van der Waals surface area contributed by atoms with Crippen LogP contribution in [0.25, 0.3) is 100 Å². The number of methoxy groups -OCH3 is 2. The van der Waals surface area contributed by atoms with E-state index in [9.17, 15) is 38.8 Å². The van der Waals surface area contributed by atoms with E-state index in [1.165, 1.54) is 24.3 Å². The highest BCUT2D eigenvalue weighted by Crippen LogP contribution is 2.47. The first-order valence-corrected chi connectivity index (χ1v) is 24.3. The van der Waals surface area contributed by atoms with Gasteiger partial charge in [-0.2, -0.15) is 0 Å². The highest BCUT2D eigenvalue weighted by Gasteiger charge is 2.25. The van der Waals surface area contributed by atoms with Gasteiger partial charge in [-0.05, 0) is 126 Å². The summed E-state index contributed by atoms with van der Waals surface area (Å²) in [5, 5.41) is 40.9. The fourth-order valence-corrected chi connectivity index (χ4v) is 9.33. The number of phenols is 4. The number of hydrogen-bond donors (Lipinski definition) is 4. The number of carbonyl (C=O) groups is 2. The van der Waals surface area contributed by atoms with Crippen molar-refractivity contribution in [2.75, 3.05) is 14.2 Å². The van der Waals surface area contributed by atoms with Crippen LogP contribution in [-0.4, -0.2) is 47.2 Å². The Kier molecular flexibility index (Phi) is 14.6. The van der Waals surface area contributed by atoms with Crippen molar-refractivity contribution < 1.29 is 61.5 Å². The molecule has 78 heavy (non-hydrogen) atoms. The predicted octanol–water partition coefficient (Wildman–Crippen LogP) is 16.7. The number of aromatic hydroxyl groups is 4. The molecule has 0 radical (unpaired) electrons. The minimum atomic E-state index is -2.79. The summed E-state index contributed by atoms with van der Waals surface area (Å²) in [6, 6.07) is 58.5. The molecule has 3 aromatic heterocycles. The third-order valence-corrected chi connectivity index (χ3v) is 12.9. The van der Waals surface area contributed by atoms with Gasteiger partial charge in [0.15, 0.2) is 12.6 Å². The number of aldehydes is 2. The molecular weight excluding hydrogens is 995 g/mol. The molecule has 0 unspecified atom stereocenters. The van der Waals surface area contributed by atoms with Crippen LogP contribution in [0.5, 0.6) is 34.5 Å². The normalized spacial score (nSPS) is 11.0. The van der Waals surface area contributed by atoms with Crippen LogP contribution in [0.2, 0.25) is 0 Å². The summed E-state index contributed by atoms with van der Waals surface area (Å²) in [6.45, 7) is 0. The molecule has 0 atom stereocenters. The number of furan rings is 3. The topological polar surface area (TPSA) is 173 Å². The Bertz CT molecular complexity index is 4070. The zero-order chi connectivity index (χ0) is 54.5. The van der Waals surface area contributed by atoms with E-state index < -0.39 is 6.43 Å². The average Bonchev–Trinajstić information content (AvgIpc) is 4.40. The molecular formula is C65H46F2O11. The first-order chi connectivity index (χ1) is 38.0. The van der Waals surface area contributed by atoms with E-state index in [0.29, 0.717) is 67.9 Å². The maximum atomic E-state index is 13.5. The van der Waals surface area contributed by atoms with Crippen molar-refractivity contribution in [1.82, 2.24) is 0 Å². The summed E-state index contributed by atoms with van der Waals surface area (Å²) in [5.74, 6) is 3.08. The number of fused-ring (bicyclic) bond motifs is 3. The Morgan fingerprint density at radius 1 is 0.385 bits per heavy atom. The van der Waals surface area contributed by atoms with E-state index in [2.05, 4.69) is 0 Å². The zero-order valence-corrected chi connectivity index (χ0v) is 41.7. The molecule has 12 rings (SSSR count). The number of rotatable bonds is 11. The SMILES string of the molecule is COc1ccc(-c2oc3c(C=O)cc(OC)cc3c2-c2ccccc2)cc1.O=Cc1cc(O)cc2c(-c3ccccc3)c(-c3ccc(O)cc3)oc12.Oc1ccc(-c2oc3c(C(F)F)cc(O)cc3c2-c2ccccc2)cc1. The summed E-state index contributed by atoms with van der Waals surface area (Å²) in [6.07, 6.45) is -1.32. The van der Waals surface area contributed by atoms with Gasteiger partial charge in [-0.15, -0.1) is 0 Å². The lowest BCUT2D eigenvalue weighted by Crippen LogP contribution is -1.87. The molecule has 0 bridgehead atoms. The second-order valence-electron chi connectivity index (χ2n) is 17.8. The number of ether oxygens (including phenoxy) is 2. The fourth-order valence-electron chi connectivity index (χ4n) is 9.33. The largest absolute Gasteiger partial charge is 0.508 e. The Morgan fingerprint density at radius 3 is 1.14 bits per heavy atom. The van der Waals surface area contributed by atoms with E-state index in [0.717, 1.165) is 62.4 Å². The molecule has 11 nitrogen and oxygen atoms in total. The number of halogens is 2. The van der Waals surface area contributed by atoms with Gasteiger partial charge in [-0.1, -0.05) is 91.0 Å². The molecule has 12 aromatic rings. The van der Waals surface area contributed by atoms with E-state index in [1.54, 1.807) is 62.8 Å². The van der Waals surface area contributed by atoms with Crippen LogP contribution < -0.4 is 9.47 Å². The van der Waals surface area contributed by atoms with Crippen molar-refractivity contribution in [1.29, 1.82) is 0 Å². The van der Waals surface area contributed by atoms with E-state index in [1.807, 2.05) is 121 Å². The quantitative estimate of drug-likeness (QED) is 0.0908. The molecule has 13 heteroatoms. The number of alkyl halides is 2. The van der Waals surface area contributed by atoms with Gasteiger partial charge in [0, 0.05) is 49.5 Å². The molecule has 3 heterocycles. The van der Waals surface area contributed by atoms with Crippen molar-refractivity contribution in [2.45, 2.75) is 6.43 Å². The molecule has 0 amide bonds. The van der Waals surface area contributed by atoms with Crippen LogP contribution in [0.1, 0.15) is 32.7 Å². The maximum absolute atomic E-state index is 13.5. The third-order valence-electron chi connectivity index (χ3n) is 12.9. The van der Waals surface area contributed by atoms with Gasteiger partial charge in [-0.3, -0.25) is 9.59 Å². The number of carbonyl (C=O) groups excluding carboxylic acids is 2. The molecule has 386 valence electrons. The van der Waals surface area contributed by atoms with E-state index in [-0.39, 0.29) is 39.7 Å². The third kappa shape index (κ3) is 10.2. The standard InChI is InChI=1S/C23H18O4.C21H14F2O3.C21H14O4/c1-25-18-10-8-16(9-11-18)23-21(15-6-4-3-5-7-15)20-13-19(26-2)12-17(14-24)22(20)27-23;22-21(23)17-11-15(25)10-16-18(12-4-2-1-3-5-12)19(26-20(16)17)13-6-8-14(24)9-7-13;22-12-15-10-17(24)11-18-19(13-4-2-1-3-5-13)21(25-20(15)18)14-6-8-16(23)9-7-14/h3-14H,1-2H3;1-11,21,24-25H;1-12,23-24H. The van der Waals surface area contributed by atoms with E-state index >= 15 is 0 Å². The second kappa shape index (κ2) is 22.2. The van der Waals surface area contributed by atoms with Crippen molar-refractivity contribution in [3.05, 3.63) is 217 Å². The Balaban J connectivity index is 0.000000132. The molecule has 0 aliphatic heterocycles. The lowest BCUT2D eigenvalue weighted by molar-refractivity contribution is 0.111. The second-order valence-corrected chi connectivity index (χ2v) is 17.8. The van der Waals surface area contributed by atoms with Crippen LogP contribution in [0.3, 0.4) is 0 Å². The zero-order valence-electron chi connectivity index (χ0n) is 41.7. The van der Waals surface area contributed by atoms with Gasteiger partial charge in [0.1, 0.15) is 68.5 Å². The molecule has 0 saturated carbocycles. The highest BCUT2D eigenvalue weighted by molar-refractivity contribution is 6.09. The molecule has 0 aliphatic carbocycles. The van der Waals surface area contributed by atoms with Crippen LogP contribution in [0.4, 0.5) is 8.78 Å². The maximum Gasteiger partial charge on any atom is 0.267 e. The summed E-state index contributed by atoms with van der Waals surface area (Å²) in [4.78, 5) is 23.0. The van der Waals surface area contributed by atoms with Crippen molar-refractivity contribution >= 4 is 45.5 Å². The first-order valence-electron chi connectivity index (χ1n) is 24.3. The predicted molar refractivity (Wildman–Crippen MR) is 297 cm³/mol. The molecule has 0 aliphatic rings.